The van der Waals surface area contributed by atoms with Crippen LogP contribution in [0.25, 0.3) is 0 Å². The Morgan fingerprint density at radius 1 is 0.750 bits per heavy atom. The lowest BCUT2D eigenvalue weighted by atomic mass is 10.1. The van der Waals surface area contributed by atoms with Gasteiger partial charge < -0.3 is 20.1 Å². The molecule has 0 unspecified atom stereocenters. The minimum Gasteiger partial charge on any atom is -0.478 e. The maximum absolute atomic E-state index is 12.1. The number of hydrogen-bond acceptors (Lipinski definition) is 5. The number of hydrogen-bond donors (Lipinski definition) is 3. The molecule has 0 aliphatic rings. The van der Waals surface area contributed by atoms with Gasteiger partial charge in [0, 0.05) is 0 Å². The minimum atomic E-state index is -1.57. The number of rotatable bonds is 5. The third-order valence-corrected chi connectivity index (χ3v) is 3.02. The van der Waals surface area contributed by atoms with E-state index in [1.54, 1.807) is 0 Å². The van der Waals surface area contributed by atoms with E-state index >= 15 is 0 Å². The van der Waals surface area contributed by atoms with E-state index in [9.17, 15) is 19.2 Å². The van der Waals surface area contributed by atoms with Gasteiger partial charge in [0.2, 0.25) is 0 Å². The predicted molar refractivity (Wildman–Crippen MR) is 78.7 cm³/mol. The van der Waals surface area contributed by atoms with Gasteiger partial charge in [-0.2, -0.15) is 0 Å². The van der Waals surface area contributed by atoms with E-state index in [4.69, 9.17) is 20.1 Å². The summed E-state index contributed by atoms with van der Waals surface area (Å²) < 4.78 is 4.94. The molecule has 24 heavy (non-hydrogen) atoms. The first kappa shape index (κ1) is 16.7. The Morgan fingerprint density at radius 2 is 1.38 bits per heavy atom. The van der Waals surface area contributed by atoms with Crippen LogP contribution < -0.4 is 4.74 Å². The van der Waals surface area contributed by atoms with Gasteiger partial charge in [-0.3, -0.25) is 0 Å². The number of carboxylic acid groups (broad SMARTS) is 3. The zero-order valence-corrected chi connectivity index (χ0v) is 11.9. The zero-order valence-electron chi connectivity index (χ0n) is 11.9. The first-order chi connectivity index (χ1) is 11.3. The fraction of sp³-hybridized carbons (Fsp3) is 0. The van der Waals surface area contributed by atoms with E-state index in [1.807, 2.05) is 0 Å². The molecule has 2 rings (SSSR count). The summed E-state index contributed by atoms with van der Waals surface area (Å²) in [5.74, 6) is -5.77. The summed E-state index contributed by atoms with van der Waals surface area (Å²) in [6.45, 7) is 0. The second-order valence-electron chi connectivity index (χ2n) is 4.56. The molecule has 0 radical (unpaired) electrons. The highest BCUT2D eigenvalue weighted by atomic mass is 16.5. The van der Waals surface area contributed by atoms with Gasteiger partial charge >= 0.3 is 23.9 Å². The smallest absolute Gasteiger partial charge is 0.343 e. The summed E-state index contributed by atoms with van der Waals surface area (Å²) >= 11 is 0. The number of carbonyl (C=O) groups is 4. The Morgan fingerprint density at radius 3 is 1.96 bits per heavy atom. The third kappa shape index (κ3) is 3.38. The van der Waals surface area contributed by atoms with Crippen LogP contribution in [-0.2, 0) is 0 Å². The number of ether oxygens (including phenoxy) is 1. The molecular weight excluding hydrogens is 320 g/mol. The highest BCUT2D eigenvalue weighted by molar-refractivity contribution is 6.05. The van der Waals surface area contributed by atoms with Gasteiger partial charge in [0.25, 0.3) is 0 Å². The van der Waals surface area contributed by atoms with Crippen LogP contribution >= 0.6 is 0 Å². The lowest BCUT2D eigenvalue weighted by Crippen LogP contribution is -2.15. The van der Waals surface area contributed by atoms with Crippen LogP contribution in [0.5, 0.6) is 5.75 Å². The monoisotopic (exact) mass is 330 g/mol. The summed E-state index contributed by atoms with van der Waals surface area (Å²) in [7, 11) is 0. The van der Waals surface area contributed by atoms with E-state index in [1.165, 1.54) is 24.3 Å². The maximum atomic E-state index is 12.1. The lowest BCUT2D eigenvalue weighted by Gasteiger charge is -2.10. The Labute approximate surface area is 134 Å². The molecule has 0 aliphatic heterocycles. The van der Waals surface area contributed by atoms with Gasteiger partial charge in [-0.05, 0) is 30.3 Å². The van der Waals surface area contributed by atoms with Crippen molar-refractivity contribution in [2.24, 2.45) is 0 Å². The van der Waals surface area contributed by atoms with Crippen molar-refractivity contribution in [3.05, 3.63) is 64.7 Å². The van der Waals surface area contributed by atoms with Gasteiger partial charge in [0.15, 0.2) is 0 Å². The van der Waals surface area contributed by atoms with Crippen molar-refractivity contribution < 1.29 is 39.2 Å². The van der Waals surface area contributed by atoms with E-state index in [-0.39, 0.29) is 11.1 Å². The van der Waals surface area contributed by atoms with Crippen molar-refractivity contribution in [1.82, 2.24) is 0 Å². The molecule has 0 aliphatic carbocycles. The van der Waals surface area contributed by atoms with Gasteiger partial charge in [-0.15, -0.1) is 0 Å². The lowest BCUT2D eigenvalue weighted by molar-refractivity contribution is 0.0638. The Bertz CT molecular complexity index is 853. The topological polar surface area (TPSA) is 138 Å². The third-order valence-electron chi connectivity index (χ3n) is 3.02. The highest BCUT2D eigenvalue weighted by Crippen LogP contribution is 2.24. The molecule has 0 bridgehead atoms. The van der Waals surface area contributed by atoms with Crippen LogP contribution in [0.1, 0.15) is 41.4 Å². The summed E-state index contributed by atoms with van der Waals surface area (Å²) in [4.78, 5) is 45.4. The molecule has 122 valence electrons. The molecule has 2 aromatic carbocycles. The van der Waals surface area contributed by atoms with Gasteiger partial charge in [0.05, 0.1) is 16.7 Å². The molecule has 0 fully saturated rings. The van der Waals surface area contributed by atoms with Crippen LogP contribution in [0.15, 0.2) is 42.5 Å². The summed E-state index contributed by atoms with van der Waals surface area (Å²) in [6.07, 6.45) is 0. The van der Waals surface area contributed by atoms with Crippen LogP contribution in [0.3, 0.4) is 0 Å². The molecule has 0 heterocycles. The Balaban J connectivity index is 2.41. The summed E-state index contributed by atoms with van der Waals surface area (Å²) in [6, 6.07) is 8.37. The number of esters is 1. The molecule has 0 atom stereocenters. The minimum absolute atomic E-state index is 0.119. The van der Waals surface area contributed by atoms with Crippen LogP contribution in [0.4, 0.5) is 0 Å². The quantitative estimate of drug-likeness (QED) is 0.559. The number of benzene rings is 2. The van der Waals surface area contributed by atoms with Crippen molar-refractivity contribution in [3.63, 3.8) is 0 Å². The fourth-order valence-electron chi connectivity index (χ4n) is 1.95. The largest absolute Gasteiger partial charge is 0.478 e. The fourth-order valence-corrected chi connectivity index (χ4v) is 1.95. The van der Waals surface area contributed by atoms with E-state index in [0.29, 0.717) is 0 Å². The molecule has 0 aromatic heterocycles. The molecule has 3 N–H and O–H groups in total. The van der Waals surface area contributed by atoms with Crippen LogP contribution in [0, 0.1) is 0 Å². The predicted octanol–water partition coefficient (Wildman–Crippen LogP) is 2.00. The standard InChI is InChI=1S/C16H10O8/c17-13(18)8-3-1-4-9(7-8)16(23)24-11-6-2-5-10(14(19)20)12(11)15(21)22/h1-7H,(H,17,18)(H,19,20)(H,21,22). The molecule has 0 saturated carbocycles. The molecule has 0 spiro atoms. The number of carbonyl (C=O) groups excluding carboxylic acids is 1. The second kappa shape index (κ2) is 6.61. The van der Waals surface area contributed by atoms with Gasteiger partial charge in [-0.25, -0.2) is 19.2 Å². The van der Waals surface area contributed by atoms with Gasteiger partial charge in [-0.1, -0.05) is 12.1 Å². The van der Waals surface area contributed by atoms with Crippen molar-refractivity contribution in [2.75, 3.05) is 0 Å². The Hall–Kier alpha value is -3.68. The molecule has 0 saturated heterocycles. The Kier molecular flexibility index (Phi) is 4.60. The van der Waals surface area contributed by atoms with Crippen molar-refractivity contribution >= 4 is 23.9 Å². The number of aromatic carboxylic acids is 3. The summed E-state index contributed by atoms with van der Waals surface area (Å²) in [5.41, 5.74) is -1.48. The van der Waals surface area contributed by atoms with Gasteiger partial charge in [0.1, 0.15) is 11.3 Å². The summed E-state index contributed by atoms with van der Waals surface area (Å²) in [5, 5.41) is 27.1. The van der Waals surface area contributed by atoms with E-state index < -0.39 is 40.8 Å². The van der Waals surface area contributed by atoms with Crippen molar-refractivity contribution in [3.8, 4) is 5.75 Å². The zero-order chi connectivity index (χ0) is 17.9. The maximum Gasteiger partial charge on any atom is 0.343 e. The molecule has 2 aromatic rings. The van der Waals surface area contributed by atoms with E-state index in [2.05, 4.69) is 0 Å². The number of carboxylic acids is 3. The van der Waals surface area contributed by atoms with Crippen LogP contribution in [-0.4, -0.2) is 39.2 Å². The SMILES string of the molecule is O=C(O)c1cccc(C(=O)Oc2cccc(C(=O)O)c2C(=O)O)c1. The average Bonchev–Trinajstić information content (AvgIpc) is 2.54. The molecular formula is C16H10O8. The van der Waals surface area contributed by atoms with Crippen LogP contribution in [0.2, 0.25) is 0 Å². The second-order valence-corrected chi connectivity index (χ2v) is 4.56. The highest BCUT2D eigenvalue weighted by Gasteiger charge is 2.23. The molecule has 8 heteroatoms. The molecule has 0 amide bonds. The first-order valence-electron chi connectivity index (χ1n) is 6.46. The van der Waals surface area contributed by atoms with Crippen molar-refractivity contribution in [2.45, 2.75) is 0 Å². The van der Waals surface area contributed by atoms with E-state index in [0.717, 1.165) is 18.2 Å². The average molecular weight is 330 g/mol. The van der Waals surface area contributed by atoms with Crippen molar-refractivity contribution in [1.29, 1.82) is 0 Å². The molecule has 8 nitrogen and oxygen atoms in total. The first-order valence-corrected chi connectivity index (χ1v) is 6.46. The normalized spacial score (nSPS) is 10.0.